The van der Waals surface area contributed by atoms with Crippen LogP contribution in [0.1, 0.15) is 24.2 Å². The molecule has 1 aromatic heterocycles. The summed E-state index contributed by atoms with van der Waals surface area (Å²) in [6.45, 7) is 0. The predicted octanol–water partition coefficient (Wildman–Crippen LogP) is 2.22. The van der Waals surface area contributed by atoms with Crippen molar-refractivity contribution in [1.82, 2.24) is 14.8 Å². The molecule has 6 heteroatoms. The third-order valence-electron chi connectivity index (χ3n) is 3.78. The Bertz CT molecular complexity index is 617. The van der Waals surface area contributed by atoms with E-state index < -0.39 is 11.3 Å². The molecule has 1 saturated carbocycles. The summed E-state index contributed by atoms with van der Waals surface area (Å²) in [5.41, 5.74) is 5.57. The number of aryl methyl sites for hydroxylation is 1. The lowest BCUT2D eigenvalue weighted by molar-refractivity contribution is -0.0574. The van der Waals surface area contributed by atoms with E-state index in [9.17, 15) is 8.78 Å². The van der Waals surface area contributed by atoms with Gasteiger partial charge in [-0.25, -0.2) is 0 Å². The molecule has 0 unspecified atom stereocenters. The number of halogens is 2. The molecule has 100 valence electrons. The van der Waals surface area contributed by atoms with Gasteiger partial charge in [-0.05, 0) is 30.5 Å². The van der Waals surface area contributed by atoms with E-state index in [-0.39, 0.29) is 5.82 Å². The van der Waals surface area contributed by atoms with E-state index in [0.717, 1.165) is 0 Å². The molecule has 1 heterocycles. The number of nitrogens with zero attached hydrogens (tertiary/aromatic N) is 3. The van der Waals surface area contributed by atoms with E-state index in [0.29, 0.717) is 24.1 Å². The molecule has 2 aromatic rings. The van der Waals surface area contributed by atoms with Crippen LogP contribution >= 0.6 is 0 Å². The lowest BCUT2D eigenvalue weighted by Crippen LogP contribution is -2.34. The van der Waals surface area contributed by atoms with Gasteiger partial charge in [0.15, 0.2) is 0 Å². The summed E-state index contributed by atoms with van der Waals surface area (Å²) in [6, 6.07) is 6.72. The average molecular weight is 264 g/mol. The number of rotatable bonds is 3. The molecule has 1 fully saturated rings. The van der Waals surface area contributed by atoms with Crippen LogP contribution in [0.4, 0.5) is 14.5 Å². The SMILES string of the molecule is Cn1cnnc1C(F)(F)C1(c2cccc(N)c2)CC1. The molecule has 3 rings (SSSR count). The van der Waals surface area contributed by atoms with Crippen molar-refractivity contribution in [3.63, 3.8) is 0 Å². The molecule has 0 saturated heterocycles. The number of anilines is 1. The van der Waals surface area contributed by atoms with Gasteiger partial charge in [-0.3, -0.25) is 0 Å². The number of hydrogen-bond donors (Lipinski definition) is 1. The standard InChI is InChI=1S/C13H14F2N4/c1-19-8-17-18-11(19)13(14,15)12(5-6-12)9-3-2-4-10(16)7-9/h2-4,7-8H,5-6,16H2,1H3. The molecule has 0 atom stereocenters. The van der Waals surface area contributed by atoms with Gasteiger partial charge in [-0.1, -0.05) is 12.1 Å². The molecule has 19 heavy (non-hydrogen) atoms. The topological polar surface area (TPSA) is 56.7 Å². The molecule has 0 amide bonds. The predicted molar refractivity (Wildman–Crippen MR) is 66.7 cm³/mol. The summed E-state index contributed by atoms with van der Waals surface area (Å²) in [5, 5.41) is 7.12. The number of alkyl halides is 2. The van der Waals surface area contributed by atoms with Crippen LogP contribution < -0.4 is 5.73 Å². The van der Waals surface area contributed by atoms with E-state index in [2.05, 4.69) is 10.2 Å². The second-order valence-corrected chi connectivity index (χ2v) is 5.05. The van der Waals surface area contributed by atoms with E-state index in [1.54, 1.807) is 24.3 Å². The first-order valence-electron chi connectivity index (χ1n) is 6.06. The summed E-state index contributed by atoms with van der Waals surface area (Å²) in [4.78, 5) is 0. The van der Waals surface area contributed by atoms with Gasteiger partial charge in [0.1, 0.15) is 6.33 Å². The highest BCUT2D eigenvalue weighted by atomic mass is 19.3. The summed E-state index contributed by atoms with van der Waals surface area (Å²) < 4.78 is 30.8. The second kappa shape index (κ2) is 3.76. The van der Waals surface area contributed by atoms with Gasteiger partial charge in [-0.15, -0.1) is 10.2 Å². The van der Waals surface area contributed by atoms with Crippen LogP contribution in [0.15, 0.2) is 30.6 Å². The first-order chi connectivity index (χ1) is 8.97. The van der Waals surface area contributed by atoms with E-state index in [1.165, 1.54) is 17.9 Å². The largest absolute Gasteiger partial charge is 0.399 e. The van der Waals surface area contributed by atoms with Gasteiger partial charge < -0.3 is 10.3 Å². The van der Waals surface area contributed by atoms with Crippen LogP contribution in [-0.4, -0.2) is 14.8 Å². The lowest BCUT2D eigenvalue weighted by atomic mass is 9.88. The maximum Gasteiger partial charge on any atom is 0.316 e. The maximum absolute atomic E-state index is 14.7. The smallest absolute Gasteiger partial charge is 0.316 e. The highest BCUT2D eigenvalue weighted by Crippen LogP contribution is 2.62. The van der Waals surface area contributed by atoms with Crippen molar-refractivity contribution in [2.45, 2.75) is 24.2 Å². The molecule has 0 radical (unpaired) electrons. The highest BCUT2D eigenvalue weighted by Gasteiger charge is 2.65. The zero-order valence-electron chi connectivity index (χ0n) is 10.5. The van der Waals surface area contributed by atoms with Crippen molar-refractivity contribution in [3.05, 3.63) is 42.0 Å². The summed E-state index contributed by atoms with van der Waals surface area (Å²) in [5.74, 6) is -3.35. The zero-order valence-corrected chi connectivity index (χ0v) is 10.5. The molecular weight excluding hydrogens is 250 g/mol. The zero-order chi connectivity index (χ0) is 13.7. The third-order valence-corrected chi connectivity index (χ3v) is 3.78. The lowest BCUT2D eigenvalue weighted by Gasteiger charge is -2.26. The van der Waals surface area contributed by atoms with Crippen LogP contribution in [0.25, 0.3) is 0 Å². The first kappa shape index (κ1) is 12.1. The van der Waals surface area contributed by atoms with Gasteiger partial charge >= 0.3 is 5.92 Å². The fourth-order valence-corrected chi connectivity index (χ4v) is 2.53. The van der Waals surface area contributed by atoms with Gasteiger partial charge in [0.05, 0.1) is 5.41 Å². The highest BCUT2D eigenvalue weighted by molar-refractivity contribution is 5.47. The van der Waals surface area contributed by atoms with Crippen molar-refractivity contribution >= 4 is 5.69 Å². The van der Waals surface area contributed by atoms with Gasteiger partial charge in [0, 0.05) is 12.7 Å². The first-order valence-corrected chi connectivity index (χ1v) is 6.06. The molecule has 2 N–H and O–H groups in total. The minimum atomic E-state index is -3.05. The Morgan fingerprint density at radius 1 is 1.37 bits per heavy atom. The fraction of sp³-hybridized carbons (Fsp3) is 0.385. The van der Waals surface area contributed by atoms with E-state index in [4.69, 9.17) is 5.73 Å². The number of nitrogens with two attached hydrogens (primary N) is 1. The molecule has 4 nitrogen and oxygen atoms in total. The van der Waals surface area contributed by atoms with Gasteiger partial charge in [0.25, 0.3) is 0 Å². The number of hydrogen-bond acceptors (Lipinski definition) is 3. The second-order valence-electron chi connectivity index (χ2n) is 5.05. The number of nitrogen functional groups attached to an aromatic ring is 1. The quantitative estimate of drug-likeness (QED) is 0.865. The van der Waals surface area contributed by atoms with Crippen molar-refractivity contribution in [1.29, 1.82) is 0 Å². The van der Waals surface area contributed by atoms with Crippen LogP contribution in [0.3, 0.4) is 0 Å². The van der Waals surface area contributed by atoms with Gasteiger partial charge in [0.2, 0.25) is 5.82 Å². The summed E-state index contributed by atoms with van der Waals surface area (Å²) >= 11 is 0. The molecule has 0 bridgehead atoms. The van der Waals surface area contributed by atoms with Crippen LogP contribution in [0.2, 0.25) is 0 Å². The van der Waals surface area contributed by atoms with Crippen molar-refractivity contribution in [2.24, 2.45) is 7.05 Å². The maximum atomic E-state index is 14.7. The van der Waals surface area contributed by atoms with Crippen LogP contribution in [-0.2, 0) is 18.4 Å². The van der Waals surface area contributed by atoms with E-state index >= 15 is 0 Å². The minimum Gasteiger partial charge on any atom is -0.399 e. The summed E-state index contributed by atoms with van der Waals surface area (Å²) in [6.07, 6.45) is 2.14. The average Bonchev–Trinajstić information content (AvgIpc) is 3.07. The molecule has 1 aliphatic carbocycles. The molecule has 0 aliphatic heterocycles. The Labute approximate surface area is 109 Å². The number of benzene rings is 1. The molecular formula is C13H14F2N4. The Morgan fingerprint density at radius 3 is 2.63 bits per heavy atom. The fourth-order valence-electron chi connectivity index (χ4n) is 2.53. The van der Waals surface area contributed by atoms with Crippen LogP contribution in [0, 0.1) is 0 Å². The van der Waals surface area contributed by atoms with Gasteiger partial charge in [-0.2, -0.15) is 8.78 Å². The summed E-state index contributed by atoms with van der Waals surface area (Å²) in [7, 11) is 1.53. The molecule has 1 aliphatic rings. The Kier molecular flexibility index (Phi) is 2.39. The Balaban J connectivity index is 2.08. The Hall–Kier alpha value is -1.98. The third kappa shape index (κ3) is 1.63. The minimum absolute atomic E-state index is 0.299. The normalized spacial score (nSPS) is 17.4. The van der Waals surface area contributed by atoms with Crippen LogP contribution in [0.5, 0.6) is 0 Å². The van der Waals surface area contributed by atoms with Crippen molar-refractivity contribution in [2.75, 3.05) is 5.73 Å². The van der Waals surface area contributed by atoms with Crippen molar-refractivity contribution in [3.8, 4) is 0 Å². The number of aromatic nitrogens is 3. The Morgan fingerprint density at radius 2 is 2.11 bits per heavy atom. The molecule has 1 aromatic carbocycles. The van der Waals surface area contributed by atoms with Crippen molar-refractivity contribution < 1.29 is 8.78 Å². The molecule has 0 spiro atoms. The monoisotopic (exact) mass is 264 g/mol. The van der Waals surface area contributed by atoms with E-state index in [1.807, 2.05) is 0 Å².